The van der Waals surface area contributed by atoms with Gasteiger partial charge in [-0.15, -0.1) is 0 Å². The van der Waals surface area contributed by atoms with Crippen LogP contribution in [0, 0.1) is 0 Å². The predicted octanol–water partition coefficient (Wildman–Crippen LogP) is 6.26. The molecule has 0 bridgehead atoms. The molecule has 0 spiro atoms. The van der Waals surface area contributed by atoms with Crippen LogP contribution in [0.1, 0.15) is 0 Å². The molecule has 0 aromatic heterocycles. The van der Waals surface area contributed by atoms with E-state index in [1.807, 2.05) is 0 Å². The first kappa shape index (κ1) is 21.7. The highest BCUT2D eigenvalue weighted by molar-refractivity contribution is 7.92. The molecule has 5 nitrogen and oxygen atoms in total. The van der Waals surface area contributed by atoms with E-state index in [4.69, 9.17) is 47.0 Å². The Bertz CT molecular complexity index is 1140. The van der Waals surface area contributed by atoms with Crippen molar-refractivity contribution in [3.05, 3.63) is 81.8 Å². The lowest BCUT2D eigenvalue weighted by Crippen LogP contribution is -2.19. The van der Waals surface area contributed by atoms with E-state index in [0.717, 1.165) is 5.69 Å². The molecule has 0 saturated heterocycles. The number of hydrogen-bond acceptors (Lipinski definition) is 3. The number of sulfonamides is 1. The summed E-state index contributed by atoms with van der Waals surface area (Å²) in [6.45, 7) is 0. The van der Waals surface area contributed by atoms with Crippen LogP contribution >= 0.6 is 47.0 Å². The molecular weight excluding hydrogens is 473 g/mol. The van der Waals surface area contributed by atoms with Crippen LogP contribution in [0.4, 0.5) is 17.1 Å². The zero-order valence-electron chi connectivity index (χ0n) is 14.6. The lowest BCUT2D eigenvalue weighted by Gasteiger charge is -2.12. The summed E-state index contributed by atoms with van der Waals surface area (Å²) in [6, 6.07) is 17.7. The Morgan fingerprint density at radius 1 is 0.724 bits per heavy atom. The van der Waals surface area contributed by atoms with Crippen molar-refractivity contribution in [1.29, 1.82) is 0 Å². The van der Waals surface area contributed by atoms with Crippen molar-refractivity contribution in [1.82, 2.24) is 0 Å². The molecule has 0 radical (unpaired) electrons. The monoisotopic (exact) mass is 485 g/mol. The molecule has 29 heavy (non-hydrogen) atoms. The van der Waals surface area contributed by atoms with Gasteiger partial charge in [-0.05, 0) is 78.9 Å². The van der Waals surface area contributed by atoms with Crippen LogP contribution < -0.4 is 15.4 Å². The molecule has 0 amide bonds. The second kappa shape index (κ2) is 9.19. The number of halogens is 3. The van der Waals surface area contributed by atoms with Gasteiger partial charge in [-0.25, -0.2) is 8.42 Å². The van der Waals surface area contributed by atoms with Crippen LogP contribution in [0.2, 0.25) is 15.1 Å². The van der Waals surface area contributed by atoms with E-state index in [0.29, 0.717) is 26.5 Å². The molecule has 3 aromatic rings. The van der Waals surface area contributed by atoms with E-state index in [2.05, 4.69) is 15.4 Å². The van der Waals surface area contributed by atoms with Crippen LogP contribution in [0.5, 0.6) is 0 Å². The van der Waals surface area contributed by atoms with E-state index in [1.165, 1.54) is 30.3 Å². The number of anilines is 3. The first-order valence-corrected chi connectivity index (χ1v) is 11.2. The van der Waals surface area contributed by atoms with Gasteiger partial charge in [0.25, 0.3) is 10.0 Å². The summed E-state index contributed by atoms with van der Waals surface area (Å²) in [6.07, 6.45) is 0. The van der Waals surface area contributed by atoms with Crippen molar-refractivity contribution in [2.75, 3.05) is 15.4 Å². The van der Waals surface area contributed by atoms with Gasteiger partial charge < -0.3 is 10.6 Å². The molecule has 0 aliphatic carbocycles. The molecule has 0 aliphatic rings. The van der Waals surface area contributed by atoms with Crippen molar-refractivity contribution in [2.24, 2.45) is 0 Å². The summed E-state index contributed by atoms with van der Waals surface area (Å²) < 4.78 is 27.5. The van der Waals surface area contributed by atoms with Crippen LogP contribution in [0.3, 0.4) is 0 Å². The zero-order chi connectivity index (χ0) is 21.0. The second-order valence-corrected chi connectivity index (χ2v) is 9.19. The van der Waals surface area contributed by atoms with Gasteiger partial charge in [-0.3, -0.25) is 4.72 Å². The van der Waals surface area contributed by atoms with Crippen molar-refractivity contribution in [2.45, 2.75) is 4.90 Å². The van der Waals surface area contributed by atoms with E-state index in [1.54, 1.807) is 36.4 Å². The van der Waals surface area contributed by atoms with Gasteiger partial charge in [0.05, 0.1) is 20.6 Å². The minimum Gasteiger partial charge on any atom is -0.332 e. The van der Waals surface area contributed by atoms with Gasteiger partial charge in [0.1, 0.15) is 0 Å². The van der Waals surface area contributed by atoms with E-state index in [9.17, 15) is 8.42 Å². The zero-order valence-corrected chi connectivity index (χ0v) is 18.5. The van der Waals surface area contributed by atoms with Gasteiger partial charge in [-0.1, -0.05) is 34.8 Å². The molecule has 3 rings (SSSR count). The molecule has 3 N–H and O–H groups in total. The van der Waals surface area contributed by atoms with Gasteiger partial charge in [0.2, 0.25) is 0 Å². The quantitative estimate of drug-likeness (QED) is 0.371. The molecule has 3 aromatic carbocycles. The summed E-state index contributed by atoms with van der Waals surface area (Å²) in [4.78, 5) is 0.0886. The fraction of sp³-hybridized carbons (Fsp3) is 0. The summed E-state index contributed by atoms with van der Waals surface area (Å²) in [5, 5.41) is 7.58. The lowest BCUT2D eigenvalue weighted by atomic mass is 10.3. The minimum absolute atomic E-state index is 0.0886. The molecule has 10 heteroatoms. The highest BCUT2D eigenvalue weighted by atomic mass is 35.5. The number of thiocarbonyl (C=S) groups is 1. The Balaban J connectivity index is 1.66. The van der Waals surface area contributed by atoms with Gasteiger partial charge in [-0.2, -0.15) is 0 Å². The molecule has 0 atom stereocenters. The van der Waals surface area contributed by atoms with Gasteiger partial charge in [0.15, 0.2) is 5.11 Å². The van der Waals surface area contributed by atoms with Crippen LogP contribution in [0.25, 0.3) is 0 Å². The van der Waals surface area contributed by atoms with Crippen molar-refractivity contribution >= 4 is 79.2 Å². The molecule has 0 aliphatic heterocycles. The van der Waals surface area contributed by atoms with E-state index >= 15 is 0 Å². The maximum absolute atomic E-state index is 12.5. The summed E-state index contributed by atoms with van der Waals surface area (Å²) in [5.74, 6) is 0. The average Bonchev–Trinajstić information content (AvgIpc) is 2.67. The topological polar surface area (TPSA) is 70.2 Å². The molecule has 0 saturated carbocycles. The van der Waals surface area contributed by atoms with Gasteiger partial charge in [0, 0.05) is 16.4 Å². The largest absolute Gasteiger partial charge is 0.332 e. The Labute approximate surface area is 189 Å². The second-order valence-electron chi connectivity index (χ2n) is 5.84. The third-order valence-electron chi connectivity index (χ3n) is 3.70. The van der Waals surface area contributed by atoms with Crippen LogP contribution in [-0.2, 0) is 10.0 Å². The van der Waals surface area contributed by atoms with Crippen LogP contribution in [-0.4, -0.2) is 13.5 Å². The number of benzene rings is 3. The van der Waals surface area contributed by atoms with Gasteiger partial charge >= 0.3 is 0 Å². The predicted molar refractivity (Wildman–Crippen MR) is 125 cm³/mol. The molecule has 0 heterocycles. The van der Waals surface area contributed by atoms with E-state index < -0.39 is 10.0 Å². The lowest BCUT2D eigenvalue weighted by molar-refractivity contribution is 0.601. The van der Waals surface area contributed by atoms with Crippen LogP contribution in [0.15, 0.2) is 71.6 Å². The van der Waals surface area contributed by atoms with Crippen molar-refractivity contribution in [3.8, 4) is 0 Å². The SMILES string of the molecule is O=S(=O)(Nc1ccc(Cl)c(Cl)c1)c1ccc(NC(=S)Nc2ccc(Cl)cc2)cc1. The third-order valence-corrected chi connectivity index (χ3v) is 6.29. The molecule has 0 unspecified atom stereocenters. The minimum atomic E-state index is -3.78. The maximum Gasteiger partial charge on any atom is 0.261 e. The smallest absolute Gasteiger partial charge is 0.261 e. The third kappa shape index (κ3) is 5.98. The summed E-state index contributed by atoms with van der Waals surface area (Å²) >= 11 is 22.9. The fourth-order valence-electron chi connectivity index (χ4n) is 2.32. The standard InChI is InChI=1S/C19H14Cl3N3O2S2/c20-12-1-3-13(4-2-12)23-19(28)24-14-5-8-16(9-6-14)29(26,27)25-15-7-10-17(21)18(22)11-15/h1-11,25H,(H2,23,24,28). The number of hydrogen-bond donors (Lipinski definition) is 3. The summed E-state index contributed by atoms with van der Waals surface area (Å²) in [7, 11) is -3.78. The maximum atomic E-state index is 12.5. The average molecular weight is 487 g/mol. The van der Waals surface area contributed by atoms with Crippen molar-refractivity contribution < 1.29 is 8.42 Å². The number of rotatable bonds is 5. The highest BCUT2D eigenvalue weighted by Gasteiger charge is 2.15. The Hall–Kier alpha value is -2.03. The molecule has 0 fully saturated rings. The highest BCUT2D eigenvalue weighted by Crippen LogP contribution is 2.26. The summed E-state index contributed by atoms with van der Waals surface area (Å²) in [5.41, 5.74) is 1.72. The fourth-order valence-corrected chi connectivity index (χ4v) is 4.03. The molecule has 150 valence electrons. The number of nitrogens with one attached hydrogen (secondary N) is 3. The van der Waals surface area contributed by atoms with E-state index in [-0.39, 0.29) is 9.92 Å². The normalized spacial score (nSPS) is 11.0. The molecular formula is C19H14Cl3N3O2S2. The van der Waals surface area contributed by atoms with Crippen molar-refractivity contribution in [3.63, 3.8) is 0 Å². The first-order chi connectivity index (χ1) is 13.7. The Kier molecular flexibility index (Phi) is 6.87. The Morgan fingerprint density at radius 2 is 1.24 bits per heavy atom. The Morgan fingerprint density at radius 3 is 1.79 bits per heavy atom. The first-order valence-electron chi connectivity index (χ1n) is 8.14.